The Bertz CT molecular complexity index is 852. The lowest BCUT2D eigenvalue weighted by molar-refractivity contribution is -0.150. The van der Waals surface area contributed by atoms with Gasteiger partial charge in [-0.2, -0.15) is 0 Å². The molecule has 0 atom stereocenters. The lowest BCUT2D eigenvalue weighted by atomic mass is 10.2. The molecule has 0 bridgehead atoms. The van der Waals surface area contributed by atoms with Gasteiger partial charge >= 0.3 is 5.97 Å². The molecule has 0 aliphatic carbocycles. The molecule has 0 spiro atoms. The van der Waals surface area contributed by atoms with Crippen molar-refractivity contribution in [1.29, 1.82) is 0 Å². The van der Waals surface area contributed by atoms with Crippen LogP contribution in [0.25, 0.3) is 6.08 Å². The average molecular weight is 427 g/mol. The van der Waals surface area contributed by atoms with Crippen molar-refractivity contribution in [1.82, 2.24) is 9.21 Å². The van der Waals surface area contributed by atoms with E-state index in [0.717, 1.165) is 10.4 Å². The Labute approximate surface area is 173 Å². The molecule has 1 rings (SSSR count). The molecule has 0 unspecified atom stereocenters. The largest absolute Gasteiger partial charge is 0.495 e. The number of hydrogen-bond donors (Lipinski definition) is 0. The normalized spacial score (nSPS) is 12.1. The number of nitrogens with zero attached hydrogens (tertiary/aromatic N) is 2. The zero-order chi connectivity index (χ0) is 22.4. The van der Waals surface area contributed by atoms with Gasteiger partial charge in [-0.05, 0) is 51.5 Å². The number of rotatable bonds is 9. The molecule has 9 heteroatoms. The number of benzene rings is 1. The van der Waals surface area contributed by atoms with Crippen LogP contribution in [0.2, 0.25) is 0 Å². The second-order valence-electron chi connectivity index (χ2n) is 7.13. The molecular formula is C20H30N2O6S. The summed E-state index contributed by atoms with van der Waals surface area (Å²) in [5.41, 5.74) is 0.473. The molecule has 8 nitrogen and oxygen atoms in total. The molecule has 1 aromatic carbocycles. The molecule has 0 fully saturated rings. The fourth-order valence-electron chi connectivity index (χ4n) is 2.79. The monoisotopic (exact) mass is 426 g/mol. The highest BCUT2D eigenvalue weighted by Gasteiger charge is 2.23. The van der Waals surface area contributed by atoms with Crippen molar-refractivity contribution in [2.75, 3.05) is 27.8 Å². The van der Waals surface area contributed by atoms with Gasteiger partial charge in [0, 0.05) is 32.3 Å². The molecule has 1 aromatic rings. The number of methoxy groups -OCH3 is 1. The van der Waals surface area contributed by atoms with Crippen LogP contribution < -0.4 is 4.74 Å². The summed E-state index contributed by atoms with van der Waals surface area (Å²) in [7, 11) is 0.500. The van der Waals surface area contributed by atoms with Gasteiger partial charge in [0.2, 0.25) is 10.0 Å². The molecule has 0 N–H and O–H groups in total. The van der Waals surface area contributed by atoms with Crippen LogP contribution in [0.15, 0.2) is 29.2 Å². The summed E-state index contributed by atoms with van der Waals surface area (Å²) >= 11 is 0. The van der Waals surface area contributed by atoms with E-state index < -0.39 is 16.0 Å². The van der Waals surface area contributed by atoms with Crippen molar-refractivity contribution in [3.63, 3.8) is 0 Å². The maximum absolute atomic E-state index is 12.4. The Balaban J connectivity index is 2.91. The average Bonchev–Trinajstić information content (AvgIpc) is 2.63. The molecule has 29 heavy (non-hydrogen) atoms. The molecule has 0 aromatic heterocycles. The van der Waals surface area contributed by atoms with E-state index in [1.165, 1.54) is 39.4 Å². The van der Waals surface area contributed by atoms with Gasteiger partial charge < -0.3 is 14.4 Å². The molecule has 0 saturated carbocycles. The number of hydrogen-bond acceptors (Lipinski definition) is 6. The van der Waals surface area contributed by atoms with Crippen LogP contribution in [0, 0.1) is 0 Å². The summed E-state index contributed by atoms with van der Waals surface area (Å²) in [5, 5.41) is 0. The van der Waals surface area contributed by atoms with E-state index >= 15 is 0 Å². The van der Waals surface area contributed by atoms with Crippen molar-refractivity contribution < 1.29 is 27.5 Å². The van der Waals surface area contributed by atoms with E-state index in [-0.39, 0.29) is 35.2 Å². The fourth-order valence-corrected chi connectivity index (χ4v) is 3.87. The van der Waals surface area contributed by atoms with E-state index in [1.54, 1.807) is 11.0 Å². The predicted molar refractivity (Wildman–Crippen MR) is 111 cm³/mol. The minimum Gasteiger partial charge on any atom is -0.495 e. The van der Waals surface area contributed by atoms with Gasteiger partial charge in [0.1, 0.15) is 10.6 Å². The summed E-state index contributed by atoms with van der Waals surface area (Å²) in [4.78, 5) is 25.8. The molecule has 0 heterocycles. The SMILES string of the molecule is COc1ccc(/C=C/C(=O)OCC(=O)N(C(C)C)C(C)C)cc1S(=O)(=O)N(C)C. The van der Waals surface area contributed by atoms with E-state index in [0.29, 0.717) is 5.56 Å². The van der Waals surface area contributed by atoms with Crippen LogP contribution in [0.3, 0.4) is 0 Å². The predicted octanol–water partition coefficient (Wildman–Crippen LogP) is 2.15. The van der Waals surface area contributed by atoms with Crippen molar-refractivity contribution in [3.8, 4) is 5.75 Å². The first-order chi connectivity index (χ1) is 13.4. The third kappa shape index (κ3) is 6.57. The van der Waals surface area contributed by atoms with Gasteiger partial charge in [-0.25, -0.2) is 17.5 Å². The van der Waals surface area contributed by atoms with E-state index in [4.69, 9.17) is 9.47 Å². The van der Waals surface area contributed by atoms with E-state index in [9.17, 15) is 18.0 Å². The molecule has 0 radical (unpaired) electrons. The molecule has 1 amide bonds. The molecular weight excluding hydrogens is 396 g/mol. The summed E-state index contributed by atoms with van der Waals surface area (Å²) in [6, 6.07) is 4.51. The van der Waals surface area contributed by atoms with Crippen LogP contribution in [-0.2, 0) is 24.3 Å². The molecule has 0 aliphatic rings. The van der Waals surface area contributed by atoms with E-state index in [2.05, 4.69) is 0 Å². The summed E-state index contributed by atoms with van der Waals surface area (Å²) in [5.74, 6) is -0.773. The van der Waals surface area contributed by atoms with Crippen LogP contribution in [0.4, 0.5) is 0 Å². The van der Waals surface area contributed by atoms with Gasteiger partial charge in [0.15, 0.2) is 6.61 Å². The van der Waals surface area contributed by atoms with Crippen molar-refractivity contribution >= 4 is 28.0 Å². The van der Waals surface area contributed by atoms with Gasteiger partial charge in [0.25, 0.3) is 5.91 Å². The first-order valence-corrected chi connectivity index (χ1v) is 10.6. The number of amides is 1. The van der Waals surface area contributed by atoms with Gasteiger partial charge in [-0.3, -0.25) is 4.79 Å². The van der Waals surface area contributed by atoms with Crippen LogP contribution in [0.1, 0.15) is 33.3 Å². The highest BCUT2D eigenvalue weighted by Crippen LogP contribution is 2.27. The Morgan fingerprint density at radius 2 is 1.69 bits per heavy atom. The van der Waals surface area contributed by atoms with E-state index in [1.807, 2.05) is 27.7 Å². The maximum Gasteiger partial charge on any atom is 0.331 e. The summed E-state index contributed by atoms with van der Waals surface area (Å²) < 4.78 is 36.1. The molecule has 0 aliphatic heterocycles. The minimum atomic E-state index is -3.72. The number of carbonyl (C=O) groups excluding carboxylic acids is 2. The number of carbonyl (C=O) groups is 2. The smallest absolute Gasteiger partial charge is 0.331 e. The lowest BCUT2D eigenvalue weighted by Gasteiger charge is -2.30. The second kappa shape index (κ2) is 10.4. The maximum atomic E-state index is 12.4. The quantitative estimate of drug-likeness (QED) is 0.444. The van der Waals surface area contributed by atoms with Gasteiger partial charge in [0.05, 0.1) is 7.11 Å². The molecule has 0 saturated heterocycles. The number of sulfonamides is 1. The highest BCUT2D eigenvalue weighted by atomic mass is 32.2. The Morgan fingerprint density at radius 1 is 1.10 bits per heavy atom. The Kier molecular flexibility index (Phi) is 8.84. The lowest BCUT2D eigenvalue weighted by Crippen LogP contribution is -2.44. The zero-order valence-electron chi connectivity index (χ0n) is 18.0. The molecule has 162 valence electrons. The second-order valence-corrected chi connectivity index (χ2v) is 9.25. The first-order valence-electron chi connectivity index (χ1n) is 9.18. The van der Waals surface area contributed by atoms with Crippen molar-refractivity contribution in [2.24, 2.45) is 0 Å². The summed E-state index contributed by atoms with van der Waals surface area (Å²) in [6.07, 6.45) is 2.57. The first kappa shape index (κ1) is 24.6. The highest BCUT2D eigenvalue weighted by molar-refractivity contribution is 7.89. The van der Waals surface area contributed by atoms with Crippen molar-refractivity contribution in [3.05, 3.63) is 29.8 Å². The third-order valence-electron chi connectivity index (χ3n) is 4.10. The fraction of sp³-hybridized carbons (Fsp3) is 0.500. The van der Waals surface area contributed by atoms with Crippen LogP contribution in [0.5, 0.6) is 5.75 Å². The number of ether oxygens (including phenoxy) is 2. The number of esters is 1. The summed E-state index contributed by atoms with van der Waals surface area (Å²) in [6.45, 7) is 7.21. The minimum absolute atomic E-state index is 0.00638. The van der Waals surface area contributed by atoms with Crippen molar-refractivity contribution in [2.45, 2.75) is 44.7 Å². The van der Waals surface area contributed by atoms with Gasteiger partial charge in [-0.15, -0.1) is 0 Å². The topological polar surface area (TPSA) is 93.2 Å². The standard InChI is InChI=1S/C20H30N2O6S/c1-14(2)22(15(3)4)19(23)13-28-20(24)11-9-16-8-10-17(27-7)18(12-16)29(25,26)21(5)6/h8-12,14-15H,13H2,1-7H3/b11-9+. The van der Waals surface area contributed by atoms with Crippen LogP contribution >= 0.6 is 0 Å². The van der Waals surface area contributed by atoms with Gasteiger partial charge in [-0.1, -0.05) is 6.07 Å². The Hall–Kier alpha value is -2.39. The third-order valence-corrected chi connectivity index (χ3v) is 5.93. The Morgan fingerprint density at radius 3 is 2.17 bits per heavy atom. The van der Waals surface area contributed by atoms with Crippen LogP contribution in [-0.4, -0.2) is 69.4 Å². The zero-order valence-corrected chi connectivity index (χ0v) is 18.8.